The van der Waals surface area contributed by atoms with E-state index in [0.717, 1.165) is 5.56 Å². The van der Waals surface area contributed by atoms with Gasteiger partial charge in [-0.05, 0) is 18.5 Å². The van der Waals surface area contributed by atoms with Gasteiger partial charge in [0.05, 0.1) is 0 Å². The van der Waals surface area contributed by atoms with Crippen LogP contribution in [0.1, 0.15) is 5.56 Å². The van der Waals surface area contributed by atoms with Crippen LogP contribution in [-0.4, -0.2) is 30.3 Å². The smallest absolute Gasteiger partial charge is 0.400 e. The highest BCUT2D eigenvalue weighted by Crippen LogP contribution is 2.25. The van der Waals surface area contributed by atoms with Crippen molar-refractivity contribution in [1.82, 2.24) is 5.32 Å². The lowest BCUT2D eigenvalue weighted by molar-refractivity contribution is -0.154. The zero-order chi connectivity index (χ0) is 14.3. The Hall–Kier alpha value is -1.76. The van der Waals surface area contributed by atoms with E-state index >= 15 is 0 Å². The molecule has 0 bridgehead atoms. The number of hydrogen-bond donors (Lipinski definition) is 3. The number of nitrogens with one attached hydrogen (secondary N) is 1. The molecular formula is C12H16F3N3O. The van der Waals surface area contributed by atoms with E-state index in [-0.39, 0.29) is 0 Å². The molecule has 1 unspecified atom stereocenters. The molecule has 4 nitrogen and oxygen atoms in total. The summed E-state index contributed by atoms with van der Waals surface area (Å²) >= 11 is 0. The van der Waals surface area contributed by atoms with Gasteiger partial charge in [-0.25, -0.2) is 0 Å². The third-order valence-electron chi connectivity index (χ3n) is 2.65. The summed E-state index contributed by atoms with van der Waals surface area (Å²) in [6.07, 6.45) is -3.92. The number of nitrogens with two attached hydrogens (primary N) is 1. The van der Waals surface area contributed by atoms with Crippen LogP contribution in [0.25, 0.3) is 0 Å². The van der Waals surface area contributed by atoms with Crippen LogP contribution in [0.4, 0.5) is 13.2 Å². The van der Waals surface area contributed by atoms with Crippen molar-refractivity contribution in [3.05, 3.63) is 35.9 Å². The number of rotatable bonds is 6. The zero-order valence-corrected chi connectivity index (χ0v) is 10.2. The van der Waals surface area contributed by atoms with Crippen molar-refractivity contribution in [1.29, 1.82) is 0 Å². The van der Waals surface area contributed by atoms with Crippen molar-refractivity contribution in [2.75, 3.05) is 13.1 Å². The first-order chi connectivity index (χ1) is 8.95. The number of benzene rings is 1. The molecule has 4 N–H and O–H groups in total. The minimum Gasteiger partial charge on any atom is -0.409 e. The van der Waals surface area contributed by atoms with E-state index in [4.69, 9.17) is 10.9 Å². The molecule has 0 aliphatic heterocycles. The van der Waals surface area contributed by atoms with Crippen LogP contribution < -0.4 is 11.1 Å². The van der Waals surface area contributed by atoms with Crippen LogP contribution in [0, 0.1) is 5.92 Å². The maximum absolute atomic E-state index is 12.6. The number of halogens is 3. The quantitative estimate of drug-likeness (QED) is 0.243. The topological polar surface area (TPSA) is 70.6 Å². The Bertz CT molecular complexity index is 406. The van der Waals surface area contributed by atoms with Crippen molar-refractivity contribution >= 4 is 5.84 Å². The van der Waals surface area contributed by atoms with Crippen LogP contribution >= 0.6 is 0 Å². The molecule has 106 valence electrons. The Labute approximate surface area is 109 Å². The Morgan fingerprint density at radius 1 is 1.32 bits per heavy atom. The fourth-order valence-electron chi connectivity index (χ4n) is 1.58. The molecule has 0 aliphatic rings. The molecule has 0 radical (unpaired) electrons. The maximum Gasteiger partial charge on any atom is 0.400 e. The van der Waals surface area contributed by atoms with E-state index in [2.05, 4.69) is 10.5 Å². The fraction of sp³-hybridized carbons (Fsp3) is 0.417. The first kappa shape index (κ1) is 15.3. The van der Waals surface area contributed by atoms with Crippen molar-refractivity contribution in [3.8, 4) is 0 Å². The SMILES string of the molecule is N/C(=N/O)C(CNCCc1ccccc1)C(F)(F)F. The minimum absolute atomic E-state index is 0.384. The number of amidine groups is 1. The second kappa shape index (κ2) is 6.98. The zero-order valence-electron chi connectivity index (χ0n) is 10.2. The summed E-state index contributed by atoms with van der Waals surface area (Å²) in [5.41, 5.74) is 6.07. The van der Waals surface area contributed by atoms with Crippen LogP contribution in [0.3, 0.4) is 0 Å². The summed E-state index contributed by atoms with van der Waals surface area (Å²) in [4.78, 5) is 0. The molecule has 0 saturated carbocycles. The maximum atomic E-state index is 12.6. The summed E-state index contributed by atoms with van der Waals surface area (Å²) in [6, 6.07) is 9.39. The molecule has 1 atom stereocenters. The van der Waals surface area contributed by atoms with Gasteiger partial charge in [0.25, 0.3) is 0 Å². The van der Waals surface area contributed by atoms with Gasteiger partial charge in [-0.15, -0.1) is 0 Å². The van der Waals surface area contributed by atoms with Gasteiger partial charge in [0.1, 0.15) is 5.92 Å². The Morgan fingerprint density at radius 2 is 1.95 bits per heavy atom. The normalized spacial score (nSPS) is 14.4. The number of alkyl halides is 3. The first-order valence-electron chi connectivity index (χ1n) is 5.74. The summed E-state index contributed by atoms with van der Waals surface area (Å²) in [6.45, 7) is -0.0263. The lowest BCUT2D eigenvalue weighted by atomic mass is 10.1. The third-order valence-corrected chi connectivity index (χ3v) is 2.65. The first-order valence-corrected chi connectivity index (χ1v) is 5.74. The van der Waals surface area contributed by atoms with E-state index < -0.39 is 24.5 Å². The second-order valence-corrected chi connectivity index (χ2v) is 4.06. The average Bonchev–Trinajstić information content (AvgIpc) is 2.37. The van der Waals surface area contributed by atoms with Gasteiger partial charge in [-0.2, -0.15) is 13.2 Å². The highest BCUT2D eigenvalue weighted by atomic mass is 19.4. The van der Waals surface area contributed by atoms with Gasteiger partial charge in [0.15, 0.2) is 5.84 Å². The molecule has 0 amide bonds. The van der Waals surface area contributed by atoms with E-state index in [0.29, 0.717) is 13.0 Å². The van der Waals surface area contributed by atoms with Crippen LogP contribution in [0.5, 0.6) is 0 Å². The molecule has 1 aromatic carbocycles. The Balaban J connectivity index is 2.41. The molecule has 0 aliphatic carbocycles. The predicted octanol–water partition coefficient (Wildman–Crippen LogP) is 1.74. The molecule has 19 heavy (non-hydrogen) atoms. The standard InChI is InChI=1S/C12H16F3N3O/c13-12(14,15)10(11(16)18-19)8-17-7-6-9-4-2-1-3-5-9/h1-5,10,17,19H,6-8H2,(H2,16,18). The Morgan fingerprint density at radius 3 is 2.47 bits per heavy atom. The lowest BCUT2D eigenvalue weighted by Gasteiger charge is -2.19. The third kappa shape index (κ3) is 5.17. The minimum atomic E-state index is -4.53. The van der Waals surface area contributed by atoms with E-state index in [9.17, 15) is 13.2 Å². The molecule has 1 aromatic rings. The molecule has 0 aromatic heterocycles. The van der Waals surface area contributed by atoms with Gasteiger partial charge >= 0.3 is 6.18 Å². The Kier molecular flexibility index (Phi) is 5.62. The van der Waals surface area contributed by atoms with Crippen molar-refractivity contribution in [3.63, 3.8) is 0 Å². The van der Waals surface area contributed by atoms with Crippen LogP contribution in [0.2, 0.25) is 0 Å². The average molecular weight is 275 g/mol. The predicted molar refractivity (Wildman–Crippen MR) is 66.0 cm³/mol. The molecule has 0 spiro atoms. The van der Waals surface area contributed by atoms with Gasteiger partial charge in [0.2, 0.25) is 0 Å². The van der Waals surface area contributed by atoms with Crippen LogP contribution in [-0.2, 0) is 6.42 Å². The van der Waals surface area contributed by atoms with Crippen molar-refractivity contribution in [2.24, 2.45) is 16.8 Å². The highest BCUT2D eigenvalue weighted by molar-refractivity contribution is 5.83. The molecule has 1 rings (SSSR count). The lowest BCUT2D eigenvalue weighted by Crippen LogP contribution is -2.43. The molecule has 0 heterocycles. The molecule has 7 heteroatoms. The summed E-state index contributed by atoms with van der Waals surface area (Å²) in [5.74, 6) is -2.81. The van der Waals surface area contributed by atoms with Gasteiger partial charge < -0.3 is 16.3 Å². The number of oxime groups is 1. The largest absolute Gasteiger partial charge is 0.409 e. The molecule has 0 saturated heterocycles. The van der Waals surface area contributed by atoms with Gasteiger partial charge in [-0.3, -0.25) is 0 Å². The monoisotopic (exact) mass is 275 g/mol. The van der Waals surface area contributed by atoms with Gasteiger partial charge in [-0.1, -0.05) is 35.5 Å². The van der Waals surface area contributed by atoms with Crippen molar-refractivity contribution < 1.29 is 18.4 Å². The fourth-order valence-corrected chi connectivity index (χ4v) is 1.58. The van der Waals surface area contributed by atoms with E-state index in [1.54, 1.807) is 0 Å². The number of nitrogens with zero attached hydrogens (tertiary/aromatic N) is 1. The summed E-state index contributed by atoms with van der Waals surface area (Å²) in [5, 5.41) is 13.4. The summed E-state index contributed by atoms with van der Waals surface area (Å²) in [7, 11) is 0. The van der Waals surface area contributed by atoms with Gasteiger partial charge in [0, 0.05) is 6.54 Å². The second-order valence-electron chi connectivity index (χ2n) is 4.06. The number of hydrogen-bond acceptors (Lipinski definition) is 3. The molecule has 0 fully saturated rings. The summed E-state index contributed by atoms with van der Waals surface area (Å²) < 4.78 is 37.8. The highest BCUT2D eigenvalue weighted by Gasteiger charge is 2.42. The van der Waals surface area contributed by atoms with E-state index in [1.165, 1.54) is 0 Å². The van der Waals surface area contributed by atoms with E-state index in [1.807, 2.05) is 30.3 Å². The van der Waals surface area contributed by atoms with Crippen molar-refractivity contribution in [2.45, 2.75) is 12.6 Å². The molecular weight excluding hydrogens is 259 g/mol. The van der Waals surface area contributed by atoms with Crippen LogP contribution in [0.15, 0.2) is 35.5 Å².